The van der Waals surface area contributed by atoms with Crippen molar-refractivity contribution < 1.29 is 63.3 Å². The molecule has 0 aliphatic carbocycles. The number of nitrogens with one attached hydrogen (secondary N) is 1. The molecule has 0 spiro atoms. The minimum absolute atomic E-state index is 0.0602. The summed E-state index contributed by atoms with van der Waals surface area (Å²) >= 11 is 0. The molecule has 5 rings (SSSR count). The first kappa shape index (κ1) is 44.6. The number of rotatable bonds is 6. The van der Waals surface area contributed by atoms with Gasteiger partial charge in [-0.15, -0.1) is 0 Å². The van der Waals surface area contributed by atoms with Crippen molar-refractivity contribution in [3.63, 3.8) is 0 Å². The standard InChI is InChI=1S/C42H56N2O13/c1-12-44(10)30(46)19-54-29-18-27-37(50)32-31(29)33-39(25(7)36(32)49)57-42(9,40(33)51)55-17-16-28(53-11)22(4)38(56-26(8)45)24(6)35(48)23(5)34(47)20(2)14-13-15-21(3)41(52)43-27/h13-18,20,22-24,28,34-35,38,47-50H,12,19H2,1-11H3,(H,43,52)/b14-13+,17-16+,21-15-. The lowest BCUT2D eigenvalue weighted by atomic mass is 9.78. The van der Waals surface area contributed by atoms with E-state index >= 15 is 0 Å². The predicted octanol–water partition coefficient (Wildman–Crippen LogP) is 4.91. The van der Waals surface area contributed by atoms with Gasteiger partial charge in [0, 0.05) is 80.8 Å². The van der Waals surface area contributed by atoms with Gasteiger partial charge in [0.2, 0.25) is 0 Å². The lowest BCUT2D eigenvalue weighted by Gasteiger charge is -2.38. The Kier molecular flexibility index (Phi) is 14.1. The maximum Gasteiger partial charge on any atom is 0.312 e. The summed E-state index contributed by atoms with van der Waals surface area (Å²) in [4.78, 5) is 54.5. The molecule has 5 bridgehead atoms. The number of aliphatic hydroxyl groups excluding tert-OH is 2. The highest BCUT2D eigenvalue weighted by atomic mass is 16.7. The molecule has 0 saturated heterocycles. The van der Waals surface area contributed by atoms with Gasteiger partial charge in [0.05, 0.1) is 41.2 Å². The van der Waals surface area contributed by atoms with Crippen molar-refractivity contribution in [2.24, 2.45) is 23.7 Å². The molecule has 2 aromatic rings. The minimum Gasteiger partial charge on any atom is -0.507 e. The zero-order valence-electron chi connectivity index (χ0n) is 34.4. The minimum atomic E-state index is -2.02. The number of allylic oxidation sites excluding steroid dienone is 2. The van der Waals surface area contributed by atoms with Gasteiger partial charge in [0.15, 0.2) is 12.4 Å². The van der Waals surface area contributed by atoms with Crippen molar-refractivity contribution in [1.82, 2.24) is 4.90 Å². The summed E-state index contributed by atoms with van der Waals surface area (Å²) < 4.78 is 29.6. The number of methoxy groups -OCH3 is 1. The van der Waals surface area contributed by atoms with E-state index in [0.717, 1.165) is 0 Å². The van der Waals surface area contributed by atoms with Crippen LogP contribution in [0.2, 0.25) is 0 Å². The number of Topliss-reactive ketones (excluding diaryl/α,β-unsaturated/α-hetero) is 1. The first-order valence-electron chi connectivity index (χ1n) is 18.9. The number of esters is 1. The first-order chi connectivity index (χ1) is 26.7. The summed E-state index contributed by atoms with van der Waals surface area (Å²) in [6.45, 7) is 14.2. The van der Waals surface area contributed by atoms with E-state index in [-0.39, 0.29) is 44.7 Å². The number of ether oxygens (including phenoxy) is 5. The van der Waals surface area contributed by atoms with E-state index in [1.807, 2.05) is 0 Å². The number of carbonyl (C=O) groups excluding carboxylic acids is 4. The van der Waals surface area contributed by atoms with E-state index in [9.17, 15) is 39.6 Å². The Morgan fingerprint density at radius 1 is 0.982 bits per heavy atom. The number of ketones is 1. The highest BCUT2D eigenvalue weighted by Crippen LogP contribution is 2.54. The Hall–Kier alpha value is -5.12. The topological polar surface area (TPSA) is 211 Å². The fourth-order valence-electron chi connectivity index (χ4n) is 7.17. The molecule has 0 fully saturated rings. The number of phenolic OH excluding ortho intramolecular Hbond substituents is 2. The zero-order chi connectivity index (χ0) is 42.7. The summed E-state index contributed by atoms with van der Waals surface area (Å²) in [5.41, 5.74) is -0.0201. The van der Waals surface area contributed by atoms with E-state index in [0.29, 0.717) is 6.54 Å². The summed E-state index contributed by atoms with van der Waals surface area (Å²) in [6.07, 6.45) is 3.58. The molecule has 2 amide bonds. The number of fused-ring (bicyclic) bond motifs is 14. The van der Waals surface area contributed by atoms with Crippen molar-refractivity contribution >= 4 is 40.0 Å². The molecule has 3 heterocycles. The number of hydrogen-bond donors (Lipinski definition) is 5. The zero-order valence-corrected chi connectivity index (χ0v) is 34.4. The largest absolute Gasteiger partial charge is 0.507 e. The summed E-state index contributed by atoms with van der Waals surface area (Å²) in [5.74, 6) is -8.07. The van der Waals surface area contributed by atoms with Gasteiger partial charge < -0.3 is 54.3 Å². The number of phenols is 2. The number of amides is 2. The molecule has 3 aliphatic rings. The van der Waals surface area contributed by atoms with Gasteiger partial charge in [-0.25, -0.2) is 0 Å². The second-order valence-corrected chi connectivity index (χ2v) is 15.1. The number of nitrogens with zero attached hydrogens (tertiary/aromatic N) is 1. The van der Waals surface area contributed by atoms with Crippen LogP contribution in [-0.2, 0) is 28.6 Å². The summed E-state index contributed by atoms with van der Waals surface area (Å²) in [6, 6.07) is 1.26. The number of hydrogen-bond acceptors (Lipinski definition) is 13. The first-order valence-corrected chi connectivity index (χ1v) is 18.9. The van der Waals surface area contributed by atoms with Crippen LogP contribution in [0.4, 0.5) is 5.69 Å². The molecule has 9 atom stereocenters. The van der Waals surface area contributed by atoms with Gasteiger partial charge in [0.1, 0.15) is 23.4 Å². The third-order valence-electron chi connectivity index (χ3n) is 11.1. The molecule has 312 valence electrons. The molecule has 9 unspecified atom stereocenters. The van der Waals surface area contributed by atoms with E-state index in [1.165, 1.54) is 64.2 Å². The average Bonchev–Trinajstić information content (AvgIpc) is 3.44. The van der Waals surface area contributed by atoms with Gasteiger partial charge in [-0.2, -0.15) is 0 Å². The van der Waals surface area contributed by atoms with Crippen LogP contribution in [0.15, 0.2) is 42.2 Å². The van der Waals surface area contributed by atoms with Gasteiger partial charge in [-0.1, -0.05) is 45.9 Å². The molecule has 57 heavy (non-hydrogen) atoms. The fraction of sp³-hybridized carbons (Fsp3) is 0.524. The lowest BCUT2D eigenvalue weighted by molar-refractivity contribution is -0.160. The van der Waals surface area contributed by atoms with Crippen molar-refractivity contribution in [3.8, 4) is 23.0 Å². The summed E-state index contributed by atoms with van der Waals surface area (Å²) in [5, 5.41) is 48.2. The van der Waals surface area contributed by atoms with Crippen molar-refractivity contribution in [3.05, 3.63) is 53.3 Å². The monoisotopic (exact) mass is 796 g/mol. The van der Waals surface area contributed by atoms with E-state index in [2.05, 4.69) is 5.32 Å². The molecule has 2 aromatic carbocycles. The van der Waals surface area contributed by atoms with Crippen LogP contribution in [0, 0.1) is 30.6 Å². The normalized spacial score (nSPS) is 30.4. The van der Waals surface area contributed by atoms with Crippen LogP contribution >= 0.6 is 0 Å². The van der Waals surface area contributed by atoms with E-state index in [4.69, 9.17) is 23.7 Å². The van der Waals surface area contributed by atoms with E-state index in [1.54, 1.807) is 53.8 Å². The van der Waals surface area contributed by atoms with E-state index < -0.39 is 95.5 Å². The Morgan fingerprint density at radius 2 is 1.65 bits per heavy atom. The highest BCUT2D eigenvalue weighted by Gasteiger charge is 2.49. The SMILES string of the molecule is CCN(C)C(=O)COc1cc2c(O)c3c(O)c(C)c4c(c13)C(=O)C(C)(O/C=C/C(OC)C(C)C(OC(C)=O)C(C)C(O)C(C)C(O)C(C)/C=C/C=C(/C)C(=O)N2)O4. The number of anilines is 1. The second-order valence-electron chi connectivity index (χ2n) is 15.1. The van der Waals surface area contributed by atoms with Crippen molar-refractivity contribution in [2.45, 2.75) is 92.5 Å². The van der Waals surface area contributed by atoms with Crippen molar-refractivity contribution in [2.75, 3.05) is 32.6 Å². The Labute approximate surface area is 332 Å². The highest BCUT2D eigenvalue weighted by molar-refractivity contribution is 6.21. The third kappa shape index (κ3) is 9.05. The summed E-state index contributed by atoms with van der Waals surface area (Å²) in [7, 11) is 3.02. The molecule has 0 aromatic heterocycles. The molecular weight excluding hydrogens is 740 g/mol. The maximum absolute atomic E-state index is 14.4. The average molecular weight is 797 g/mol. The predicted molar refractivity (Wildman–Crippen MR) is 211 cm³/mol. The molecule has 0 saturated carbocycles. The van der Waals surface area contributed by atoms with Gasteiger partial charge in [-0.05, 0) is 26.8 Å². The molecule has 15 nitrogen and oxygen atoms in total. The van der Waals surface area contributed by atoms with Crippen LogP contribution in [0.5, 0.6) is 23.0 Å². The van der Waals surface area contributed by atoms with Gasteiger partial charge in [-0.3, -0.25) is 19.2 Å². The van der Waals surface area contributed by atoms with Crippen LogP contribution in [0.3, 0.4) is 0 Å². The third-order valence-corrected chi connectivity index (χ3v) is 11.1. The Balaban J connectivity index is 1.94. The van der Waals surface area contributed by atoms with Crippen LogP contribution in [0.1, 0.15) is 71.3 Å². The van der Waals surface area contributed by atoms with Crippen molar-refractivity contribution in [1.29, 1.82) is 0 Å². The number of aliphatic hydroxyl groups is 2. The maximum atomic E-state index is 14.4. The van der Waals surface area contributed by atoms with Crippen LogP contribution in [-0.4, -0.2) is 106 Å². The molecular formula is C42H56N2O13. The Morgan fingerprint density at radius 3 is 2.26 bits per heavy atom. The molecule has 5 N–H and O–H groups in total. The quantitative estimate of drug-likeness (QED) is 0.195. The van der Waals surface area contributed by atoms with Crippen LogP contribution < -0.4 is 14.8 Å². The fourth-order valence-corrected chi connectivity index (χ4v) is 7.17. The number of aromatic hydroxyl groups is 2. The lowest BCUT2D eigenvalue weighted by Crippen LogP contribution is -2.46. The Bertz CT molecular complexity index is 1970. The molecule has 3 aliphatic heterocycles. The van der Waals surface area contributed by atoms with Gasteiger partial charge >= 0.3 is 11.8 Å². The number of likely N-dealkylation sites (N-methyl/N-ethyl adjacent to an activating group) is 1. The molecule has 0 radical (unpaired) electrons. The number of benzene rings is 2. The van der Waals surface area contributed by atoms with Gasteiger partial charge in [0.25, 0.3) is 17.6 Å². The second kappa shape index (κ2) is 18.0. The smallest absolute Gasteiger partial charge is 0.312 e. The molecule has 15 heteroatoms. The number of carbonyl (C=O) groups is 4. The van der Waals surface area contributed by atoms with Crippen LogP contribution in [0.25, 0.3) is 10.8 Å².